The van der Waals surface area contributed by atoms with Gasteiger partial charge in [-0.15, -0.1) is 0 Å². The lowest BCUT2D eigenvalue weighted by atomic mass is 9.91. The standard InChI is InChI=1S/C40H62N2O10/c1-11-33(49-31(9)44)29(7)38-35(50-38)24-40(10,47)18-12-13-27(5)37-28(6)15-17-34(51-39(46)42-21-19-41(20-22-42)25(2)3)26(4)14-16-32(48-30(8)43)23-36(45)52-37/h12-13,15,17-18,25,28-29,32-35,37-38,47H,4,11,14,16,19-24H2,1-3,5-10H3/b17-15+,18-12+,27-13+. The number of aliphatic hydroxyl groups is 1. The smallest absolute Gasteiger partial charge is 0.410 e. The van der Waals surface area contributed by atoms with Gasteiger partial charge in [-0.05, 0) is 64.2 Å². The minimum Gasteiger partial charge on any atom is -0.462 e. The number of epoxide rings is 1. The lowest BCUT2D eigenvalue weighted by molar-refractivity contribution is -0.157. The van der Waals surface area contributed by atoms with Gasteiger partial charge in [0.2, 0.25) is 0 Å². The van der Waals surface area contributed by atoms with E-state index >= 15 is 0 Å². The first-order valence-electron chi connectivity index (χ1n) is 18.7. The number of amides is 1. The number of hydrogen-bond donors (Lipinski definition) is 1. The molecule has 0 spiro atoms. The number of allylic oxidation sites excluding steroid dienone is 2. The molecule has 12 heteroatoms. The molecule has 0 aromatic heterocycles. The molecule has 2 saturated heterocycles. The molecule has 3 aliphatic heterocycles. The van der Waals surface area contributed by atoms with Crippen molar-refractivity contribution in [2.24, 2.45) is 11.8 Å². The lowest BCUT2D eigenvalue weighted by Crippen LogP contribution is -2.51. The normalized spacial score (nSPS) is 29.6. The number of piperazine rings is 1. The first kappa shape index (κ1) is 42.9. The van der Waals surface area contributed by atoms with Gasteiger partial charge in [0, 0.05) is 64.3 Å². The Morgan fingerprint density at radius 3 is 2.35 bits per heavy atom. The summed E-state index contributed by atoms with van der Waals surface area (Å²) in [7, 11) is 0. The second-order valence-corrected chi connectivity index (χ2v) is 15.1. The Hall–Kier alpha value is -3.48. The Morgan fingerprint density at radius 2 is 1.75 bits per heavy atom. The van der Waals surface area contributed by atoms with Crippen molar-refractivity contribution < 1.29 is 48.0 Å². The fourth-order valence-corrected chi connectivity index (χ4v) is 6.90. The van der Waals surface area contributed by atoms with Crippen LogP contribution >= 0.6 is 0 Å². The predicted octanol–water partition coefficient (Wildman–Crippen LogP) is 5.68. The van der Waals surface area contributed by atoms with Crippen LogP contribution < -0.4 is 0 Å². The van der Waals surface area contributed by atoms with Crippen LogP contribution in [0.5, 0.6) is 0 Å². The monoisotopic (exact) mass is 730 g/mol. The summed E-state index contributed by atoms with van der Waals surface area (Å²) in [5, 5.41) is 11.2. The summed E-state index contributed by atoms with van der Waals surface area (Å²) in [5.41, 5.74) is 0.158. The van der Waals surface area contributed by atoms with Gasteiger partial charge < -0.3 is 33.7 Å². The third-order valence-electron chi connectivity index (χ3n) is 10.1. The molecule has 0 aromatic rings. The van der Waals surface area contributed by atoms with Crippen LogP contribution in [0, 0.1) is 11.8 Å². The average molecular weight is 731 g/mol. The highest BCUT2D eigenvalue weighted by Crippen LogP contribution is 2.38. The average Bonchev–Trinajstić information content (AvgIpc) is 3.83. The van der Waals surface area contributed by atoms with Gasteiger partial charge in [0.05, 0.1) is 24.2 Å². The number of cyclic esters (lactones) is 1. The summed E-state index contributed by atoms with van der Waals surface area (Å²) < 4.78 is 28.8. The van der Waals surface area contributed by atoms with Crippen molar-refractivity contribution in [3.05, 3.63) is 48.1 Å². The number of esters is 3. The van der Waals surface area contributed by atoms with Crippen LogP contribution in [0.25, 0.3) is 0 Å². The van der Waals surface area contributed by atoms with E-state index in [-0.39, 0.29) is 42.5 Å². The number of carbonyl (C=O) groups is 4. The molecule has 292 valence electrons. The SMILES string of the molecule is C=C1CCC(OC(C)=O)CC(=O)OC(/C(C)=C/C=C/C(C)(O)CC2OC2C(C)C(CC)OC(C)=O)C(C)/C=C/C1OC(=O)N1CCN(C(C)C)CC1. The van der Waals surface area contributed by atoms with Crippen LogP contribution in [0.4, 0.5) is 4.79 Å². The van der Waals surface area contributed by atoms with Crippen molar-refractivity contribution in [3.8, 4) is 0 Å². The third kappa shape index (κ3) is 13.5. The summed E-state index contributed by atoms with van der Waals surface area (Å²) in [6, 6.07) is 0.399. The molecule has 9 unspecified atom stereocenters. The number of nitrogens with zero attached hydrogens (tertiary/aromatic N) is 2. The first-order chi connectivity index (χ1) is 24.4. The summed E-state index contributed by atoms with van der Waals surface area (Å²) in [4.78, 5) is 53.9. The zero-order valence-corrected chi connectivity index (χ0v) is 32.7. The maximum atomic E-state index is 13.3. The summed E-state index contributed by atoms with van der Waals surface area (Å²) in [6.45, 7) is 23.2. The van der Waals surface area contributed by atoms with Gasteiger partial charge in [0.1, 0.15) is 24.4 Å². The Bertz CT molecular complexity index is 1350. The number of hydrogen-bond acceptors (Lipinski definition) is 11. The van der Waals surface area contributed by atoms with E-state index in [0.29, 0.717) is 50.4 Å². The highest BCUT2D eigenvalue weighted by Gasteiger charge is 2.48. The molecule has 12 nitrogen and oxygen atoms in total. The van der Waals surface area contributed by atoms with E-state index in [0.717, 1.165) is 18.7 Å². The maximum absolute atomic E-state index is 13.3. The van der Waals surface area contributed by atoms with Gasteiger partial charge >= 0.3 is 24.0 Å². The van der Waals surface area contributed by atoms with E-state index < -0.39 is 41.9 Å². The third-order valence-corrected chi connectivity index (χ3v) is 10.1. The predicted molar refractivity (Wildman–Crippen MR) is 197 cm³/mol. The summed E-state index contributed by atoms with van der Waals surface area (Å²) in [5.74, 6) is -1.69. The Labute approximate surface area is 310 Å². The van der Waals surface area contributed by atoms with E-state index in [9.17, 15) is 24.3 Å². The molecule has 0 saturated carbocycles. The van der Waals surface area contributed by atoms with Crippen molar-refractivity contribution in [1.82, 2.24) is 9.80 Å². The molecule has 3 heterocycles. The van der Waals surface area contributed by atoms with Gasteiger partial charge in [-0.3, -0.25) is 19.3 Å². The molecule has 0 radical (unpaired) electrons. The van der Waals surface area contributed by atoms with Gasteiger partial charge in [-0.1, -0.05) is 51.7 Å². The molecule has 1 amide bonds. The fraction of sp³-hybridized carbons (Fsp3) is 0.700. The van der Waals surface area contributed by atoms with Crippen molar-refractivity contribution in [2.75, 3.05) is 26.2 Å². The molecule has 3 aliphatic rings. The van der Waals surface area contributed by atoms with Crippen LogP contribution in [0.15, 0.2) is 48.1 Å². The second kappa shape index (κ2) is 19.6. The molecule has 1 N–H and O–H groups in total. The highest BCUT2D eigenvalue weighted by molar-refractivity contribution is 5.72. The van der Waals surface area contributed by atoms with Gasteiger partial charge in [0.25, 0.3) is 0 Å². The second-order valence-electron chi connectivity index (χ2n) is 15.1. The molecular weight excluding hydrogens is 668 g/mol. The molecule has 52 heavy (non-hydrogen) atoms. The molecule has 0 bridgehead atoms. The number of rotatable bonds is 12. The summed E-state index contributed by atoms with van der Waals surface area (Å²) >= 11 is 0. The van der Waals surface area contributed by atoms with E-state index in [1.807, 2.05) is 33.8 Å². The van der Waals surface area contributed by atoms with E-state index in [4.69, 9.17) is 23.7 Å². The zero-order chi connectivity index (χ0) is 38.7. The van der Waals surface area contributed by atoms with E-state index in [1.165, 1.54) is 13.8 Å². The van der Waals surface area contributed by atoms with Crippen LogP contribution in [-0.4, -0.2) is 113 Å². The maximum Gasteiger partial charge on any atom is 0.410 e. The van der Waals surface area contributed by atoms with Crippen molar-refractivity contribution in [1.29, 1.82) is 0 Å². The Morgan fingerprint density at radius 1 is 1.08 bits per heavy atom. The quantitative estimate of drug-likeness (QED) is 0.0871. The largest absolute Gasteiger partial charge is 0.462 e. The zero-order valence-electron chi connectivity index (χ0n) is 32.7. The number of carbonyl (C=O) groups excluding carboxylic acids is 4. The van der Waals surface area contributed by atoms with E-state index in [1.54, 1.807) is 36.1 Å². The minimum atomic E-state index is -1.19. The first-order valence-corrected chi connectivity index (χ1v) is 18.7. The lowest BCUT2D eigenvalue weighted by Gasteiger charge is -2.37. The molecular formula is C40H62N2O10. The van der Waals surface area contributed by atoms with Crippen LogP contribution in [0.3, 0.4) is 0 Å². The fourth-order valence-electron chi connectivity index (χ4n) is 6.90. The molecule has 2 fully saturated rings. The number of ether oxygens (including phenoxy) is 5. The molecule has 0 aliphatic carbocycles. The Kier molecular flexibility index (Phi) is 16.1. The molecule has 3 rings (SSSR count). The molecule has 0 aromatic carbocycles. The van der Waals surface area contributed by atoms with Crippen LogP contribution in [0.1, 0.15) is 94.4 Å². The van der Waals surface area contributed by atoms with Crippen molar-refractivity contribution >= 4 is 24.0 Å². The molecule has 9 atom stereocenters. The topological polar surface area (TPSA) is 144 Å². The highest BCUT2D eigenvalue weighted by atomic mass is 16.6. The summed E-state index contributed by atoms with van der Waals surface area (Å²) in [6.07, 6.45) is 7.29. The Balaban J connectivity index is 1.75. The minimum absolute atomic E-state index is 0.00711. The van der Waals surface area contributed by atoms with Crippen molar-refractivity contribution in [2.45, 2.75) is 143 Å². The van der Waals surface area contributed by atoms with Crippen LogP contribution in [0.2, 0.25) is 0 Å². The van der Waals surface area contributed by atoms with Gasteiger partial charge in [-0.25, -0.2) is 4.79 Å². The van der Waals surface area contributed by atoms with Gasteiger partial charge in [0.15, 0.2) is 0 Å². The van der Waals surface area contributed by atoms with E-state index in [2.05, 4.69) is 25.3 Å². The van der Waals surface area contributed by atoms with Gasteiger partial charge in [-0.2, -0.15) is 0 Å². The van der Waals surface area contributed by atoms with Crippen molar-refractivity contribution in [3.63, 3.8) is 0 Å². The van der Waals surface area contributed by atoms with Crippen LogP contribution in [-0.2, 0) is 38.1 Å².